The van der Waals surface area contributed by atoms with Crippen molar-refractivity contribution in [3.63, 3.8) is 0 Å². The number of carboxylic acids is 1. The summed E-state index contributed by atoms with van der Waals surface area (Å²) in [6.45, 7) is 3.98. The van der Waals surface area contributed by atoms with E-state index in [0.29, 0.717) is 11.4 Å². The lowest BCUT2D eigenvalue weighted by molar-refractivity contribution is -0.138. The number of hydrogen-bond acceptors (Lipinski definition) is 2. The van der Waals surface area contributed by atoms with Gasteiger partial charge in [0.2, 0.25) is 0 Å². The Kier molecular flexibility index (Phi) is 2.80. The Balaban J connectivity index is 2.49. The molecule has 0 aromatic heterocycles. The average Bonchev–Trinajstić information content (AvgIpc) is 2.58. The third kappa shape index (κ3) is 1.65. The SMILES string of the molecule is CC(C)N1c2cccc(Cl)c2CC1C(=O)O. The van der Waals surface area contributed by atoms with Crippen LogP contribution in [-0.2, 0) is 11.2 Å². The monoisotopic (exact) mass is 239 g/mol. The van der Waals surface area contributed by atoms with Gasteiger partial charge in [-0.3, -0.25) is 0 Å². The molecule has 1 unspecified atom stereocenters. The summed E-state index contributed by atoms with van der Waals surface area (Å²) in [6.07, 6.45) is 0.489. The summed E-state index contributed by atoms with van der Waals surface area (Å²) in [5.41, 5.74) is 1.90. The van der Waals surface area contributed by atoms with E-state index in [9.17, 15) is 9.90 Å². The number of rotatable bonds is 2. The highest BCUT2D eigenvalue weighted by Crippen LogP contribution is 2.37. The summed E-state index contributed by atoms with van der Waals surface area (Å²) in [7, 11) is 0. The minimum Gasteiger partial charge on any atom is -0.480 e. The van der Waals surface area contributed by atoms with Crippen LogP contribution in [-0.4, -0.2) is 23.2 Å². The van der Waals surface area contributed by atoms with Crippen molar-refractivity contribution in [2.24, 2.45) is 0 Å². The van der Waals surface area contributed by atoms with E-state index in [1.165, 1.54) is 0 Å². The molecule has 0 aliphatic carbocycles. The molecule has 1 heterocycles. The molecule has 1 aliphatic heterocycles. The maximum Gasteiger partial charge on any atom is 0.326 e. The second kappa shape index (κ2) is 3.98. The second-order valence-electron chi connectivity index (χ2n) is 4.30. The van der Waals surface area contributed by atoms with Gasteiger partial charge >= 0.3 is 5.97 Å². The fourth-order valence-corrected chi connectivity index (χ4v) is 2.54. The molecule has 86 valence electrons. The van der Waals surface area contributed by atoms with E-state index in [-0.39, 0.29) is 6.04 Å². The van der Waals surface area contributed by atoms with E-state index in [0.717, 1.165) is 11.3 Å². The topological polar surface area (TPSA) is 40.5 Å². The zero-order valence-corrected chi connectivity index (χ0v) is 10.0. The highest BCUT2D eigenvalue weighted by molar-refractivity contribution is 6.32. The molecule has 1 atom stereocenters. The Morgan fingerprint density at radius 2 is 2.25 bits per heavy atom. The van der Waals surface area contributed by atoms with Crippen LogP contribution in [0.25, 0.3) is 0 Å². The largest absolute Gasteiger partial charge is 0.480 e. The van der Waals surface area contributed by atoms with E-state index >= 15 is 0 Å². The normalized spacial score (nSPS) is 19.0. The van der Waals surface area contributed by atoms with Gasteiger partial charge in [-0.05, 0) is 31.5 Å². The molecule has 1 N–H and O–H groups in total. The van der Waals surface area contributed by atoms with Crippen LogP contribution in [0.5, 0.6) is 0 Å². The van der Waals surface area contributed by atoms with Crippen LogP contribution < -0.4 is 4.90 Å². The van der Waals surface area contributed by atoms with Gasteiger partial charge in [-0.1, -0.05) is 17.7 Å². The Labute approximate surface area is 99.6 Å². The van der Waals surface area contributed by atoms with E-state index in [1.54, 1.807) is 0 Å². The standard InChI is InChI=1S/C12H14ClNO2/c1-7(2)14-10-5-3-4-9(13)8(10)6-11(14)12(15)16/h3-5,7,11H,6H2,1-2H3,(H,15,16). The number of carboxylic acid groups (broad SMARTS) is 1. The number of benzene rings is 1. The molecule has 16 heavy (non-hydrogen) atoms. The molecule has 0 fully saturated rings. The lowest BCUT2D eigenvalue weighted by atomic mass is 10.1. The molecule has 1 aromatic carbocycles. The van der Waals surface area contributed by atoms with Crippen LogP contribution in [0.1, 0.15) is 19.4 Å². The Bertz CT molecular complexity index is 431. The predicted molar refractivity (Wildman–Crippen MR) is 64.2 cm³/mol. The first kappa shape index (κ1) is 11.3. The average molecular weight is 240 g/mol. The van der Waals surface area contributed by atoms with Crippen LogP contribution in [0.15, 0.2) is 18.2 Å². The number of hydrogen-bond donors (Lipinski definition) is 1. The Morgan fingerprint density at radius 3 is 2.81 bits per heavy atom. The first-order valence-electron chi connectivity index (χ1n) is 5.31. The molecule has 0 bridgehead atoms. The van der Waals surface area contributed by atoms with Gasteiger partial charge in [0.05, 0.1) is 0 Å². The van der Waals surface area contributed by atoms with Crippen LogP contribution in [0, 0.1) is 0 Å². The highest BCUT2D eigenvalue weighted by Gasteiger charge is 2.36. The van der Waals surface area contributed by atoms with Crippen LogP contribution in [0.3, 0.4) is 0 Å². The van der Waals surface area contributed by atoms with Crippen molar-refractivity contribution in [1.82, 2.24) is 0 Å². The first-order valence-corrected chi connectivity index (χ1v) is 5.68. The smallest absolute Gasteiger partial charge is 0.326 e. The van der Waals surface area contributed by atoms with Crippen molar-refractivity contribution in [3.05, 3.63) is 28.8 Å². The van der Waals surface area contributed by atoms with Crippen LogP contribution in [0.4, 0.5) is 5.69 Å². The second-order valence-corrected chi connectivity index (χ2v) is 4.70. The summed E-state index contributed by atoms with van der Waals surface area (Å²) in [4.78, 5) is 13.1. The first-order chi connectivity index (χ1) is 7.52. The zero-order chi connectivity index (χ0) is 11.9. The maximum atomic E-state index is 11.2. The lowest BCUT2D eigenvalue weighted by Crippen LogP contribution is -2.42. The zero-order valence-electron chi connectivity index (χ0n) is 9.27. The third-order valence-corrected chi connectivity index (χ3v) is 3.30. The van der Waals surface area contributed by atoms with Gasteiger partial charge in [0.25, 0.3) is 0 Å². The van der Waals surface area contributed by atoms with Gasteiger partial charge in [0.1, 0.15) is 6.04 Å². The lowest BCUT2D eigenvalue weighted by Gasteiger charge is -2.28. The highest BCUT2D eigenvalue weighted by atomic mass is 35.5. The summed E-state index contributed by atoms with van der Waals surface area (Å²) in [6, 6.07) is 5.27. The molecule has 0 amide bonds. The van der Waals surface area contributed by atoms with Crippen LogP contribution in [0.2, 0.25) is 5.02 Å². The quantitative estimate of drug-likeness (QED) is 0.862. The molecule has 2 rings (SSSR count). The summed E-state index contributed by atoms with van der Waals surface area (Å²) in [5.74, 6) is -0.791. The molecule has 0 saturated carbocycles. The summed E-state index contributed by atoms with van der Waals surface area (Å²) >= 11 is 6.09. The van der Waals surface area contributed by atoms with Gasteiger partial charge in [0.15, 0.2) is 0 Å². The molecular weight excluding hydrogens is 226 g/mol. The van der Waals surface area contributed by atoms with E-state index in [4.69, 9.17) is 11.6 Å². The summed E-state index contributed by atoms with van der Waals surface area (Å²) < 4.78 is 0. The molecule has 0 saturated heterocycles. The van der Waals surface area contributed by atoms with Crippen molar-refractivity contribution in [1.29, 1.82) is 0 Å². The fourth-order valence-electron chi connectivity index (χ4n) is 2.30. The number of fused-ring (bicyclic) bond motifs is 1. The van der Waals surface area contributed by atoms with E-state index in [1.807, 2.05) is 36.9 Å². The van der Waals surface area contributed by atoms with Gasteiger partial charge in [-0.2, -0.15) is 0 Å². The van der Waals surface area contributed by atoms with Gasteiger partial charge in [-0.25, -0.2) is 4.79 Å². The molecule has 4 heteroatoms. The minimum absolute atomic E-state index is 0.154. The number of carbonyl (C=O) groups is 1. The van der Waals surface area contributed by atoms with Gasteiger partial charge in [-0.15, -0.1) is 0 Å². The number of aliphatic carboxylic acids is 1. The Morgan fingerprint density at radius 1 is 1.56 bits per heavy atom. The molecule has 3 nitrogen and oxygen atoms in total. The van der Waals surface area contributed by atoms with E-state index < -0.39 is 12.0 Å². The van der Waals surface area contributed by atoms with Crippen molar-refractivity contribution in [3.8, 4) is 0 Å². The van der Waals surface area contributed by atoms with E-state index in [2.05, 4.69) is 0 Å². The van der Waals surface area contributed by atoms with Crippen molar-refractivity contribution < 1.29 is 9.90 Å². The Hall–Kier alpha value is -1.22. The van der Waals surface area contributed by atoms with Crippen LogP contribution >= 0.6 is 11.6 Å². The summed E-state index contributed by atoms with van der Waals surface area (Å²) in [5, 5.41) is 9.87. The van der Waals surface area contributed by atoms with Crippen molar-refractivity contribution in [2.75, 3.05) is 4.90 Å². The van der Waals surface area contributed by atoms with Crippen molar-refractivity contribution >= 4 is 23.3 Å². The fraction of sp³-hybridized carbons (Fsp3) is 0.417. The molecular formula is C12H14ClNO2. The molecule has 1 aliphatic rings. The third-order valence-electron chi connectivity index (χ3n) is 2.95. The number of halogens is 1. The molecule has 0 spiro atoms. The minimum atomic E-state index is -0.791. The van der Waals surface area contributed by atoms with Gasteiger partial charge < -0.3 is 10.0 Å². The maximum absolute atomic E-state index is 11.2. The van der Waals surface area contributed by atoms with Gasteiger partial charge in [0, 0.05) is 23.2 Å². The molecule has 0 radical (unpaired) electrons. The van der Waals surface area contributed by atoms with Crippen molar-refractivity contribution in [2.45, 2.75) is 32.4 Å². The molecule has 1 aromatic rings. The number of anilines is 1. The number of nitrogens with zero attached hydrogens (tertiary/aromatic N) is 1. The predicted octanol–water partition coefficient (Wildman–Crippen LogP) is 2.56.